The van der Waals surface area contributed by atoms with E-state index in [2.05, 4.69) is 5.32 Å². The van der Waals surface area contributed by atoms with Gasteiger partial charge in [-0.1, -0.05) is 12.1 Å². The van der Waals surface area contributed by atoms with Gasteiger partial charge < -0.3 is 5.32 Å². The summed E-state index contributed by atoms with van der Waals surface area (Å²) in [6, 6.07) is 9.55. The molecule has 23 heavy (non-hydrogen) atoms. The van der Waals surface area contributed by atoms with Gasteiger partial charge in [0.1, 0.15) is 0 Å². The monoisotopic (exact) mass is 324 g/mol. The number of anilines is 1. The molecule has 0 aliphatic carbocycles. The van der Waals surface area contributed by atoms with Crippen LogP contribution in [0.5, 0.6) is 0 Å². The number of hydrogen-bond acceptors (Lipinski definition) is 3. The van der Waals surface area contributed by atoms with Crippen molar-refractivity contribution in [1.29, 1.82) is 0 Å². The van der Waals surface area contributed by atoms with Crippen molar-refractivity contribution in [3.63, 3.8) is 0 Å². The van der Waals surface area contributed by atoms with E-state index in [1.54, 1.807) is 0 Å². The first-order chi connectivity index (χ1) is 10.8. The summed E-state index contributed by atoms with van der Waals surface area (Å²) in [6.45, 7) is 0. The Morgan fingerprint density at radius 1 is 0.913 bits per heavy atom. The fourth-order valence-electron chi connectivity index (χ4n) is 1.84. The van der Waals surface area contributed by atoms with E-state index in [9.17, 15) is 22.8 Å². The van der Waals surface area contributed by atoms with Crippen LogP contribution in [0.3, 0.4) is 0 Å². The van der Waals surface area contributed by atoms with Crippen molar-refractivity contribution in [1.82, 2.24) is 5.48 Å². The molecule has 2 aromatic carbocycles. The highest BCUT2D eigenvalue weighted by Gasteiger charge is 2.30. The molecular formula is C15H11F3N2O3. The molecule has 0 aromatic heterocycles. The van der Waals surface area contributed by atoms with Crippen LogP contribution in [0.25, 0.3) is 0 Å². The predicted molar refractivity (Wildman–Crippen MR) is 75.1 cm³/mol. The smallest absolute Gasteiger partial charge is 0.322 e. The molecule has 0 bridgehead atoms. The number of amides is 2. The number of alkyl halides is 3. The molecule has 0 aliphatic rings. The summed E-state index contributed by atoms with van der Waals surface area (Å²) in [4.78, 5) is 23.3. The Kier molecular flexibility index (Phi) is 4.65. The Labute approximate surface area is 128 Å². The molecule has 0 aliphatic heterocycles. The third kappa shape index (κ3) is 4.07. The van der Waals surface area contributed by atoms with Crippen LogP contribution in [0.15, 0.2) is 48.5 Å². The molecule has 0 saturated carbocycles. The van der Waals surface area contributed by atoms with E-state index < -0.39 is 23.6 Å². The zero-order valence-corrected chi connectivity index (χ0v) is 11.5. The van der Waals surface area contributed by atoms with E-state index in [0.29, 0.717) is 0 Å². The van der Waals surface area contributed by atoms with Gasteiger partial charge in [-0.3, -0.25) is 14.8 Å². The maximum absolute atomic E-state index is 12.6. The number of carbonyl (C=O) groups excluding carboxylic acids is 2. The van der Waals surface area contributed by atoms with Crippen molar-refractivity contribution >= 4 is 17.5 Å². The van der Waals surface area contributed by atoms with E-state index >= 15 is 0 Å². The highest BCUT2D eigenvalue weighted by atomic mass is 19.4. The summed E-state index contributed by atoms with van der Waals surface area (Å²) in [5.41, 5.74) is 0.620. The van der Waals surface area contributed by atoms with Crippen LogP contribution < -0.4 is 10.8 Å². The molecule has 120 valence electrons. The Bertz CT molecular complexity index is 745. The van der Waals surface area contributed by atoms with Crippen molar-refractivity contribution in [2.24, 2.45) is 0 Å². The van der Waals surface area contributed by atoms with Crippen molar-refractivity contribution in [3.8, 4) is 0 Å². The number of hydroxylamine groups is 1. The molecule has 0 unspecified atom stereocenters. The lowest BCUT2D eigenvalue weighted by molar-refractivity contribution is -0.137. The Morgan fingerprint density at radius 2 is 1.52 bits per heavy atom. The van der Waals surface area contributed by atoms with Crippen LogP contribution in [-0.4, -0.2) is 17.0 Å². The van der Waals surface area contributed by atoms with Crippen LogP contribution >= 0.6 is 0 Å². The molecule has 0 radical (unpaired) electrons. The number of nitrogens with one attached hydrogen (secondary N) is 2. The third-order valence-electron chi connectivity index (χ3n) is 2.94. The van der Waals surface area contributed by atoms with Crippen LogP contribution in [0, 0.1) is 0 Å². The van der Waals surface area contributed by atoms with E-state index in [1.807, 2.05) is 0 Å². The summed E-state index contributed by atoms with van der Waals surface area (Å²) in [5.74, 6) is -1.53. The van der Waals surface area contributed by atoms with Gasteiger partial charge in [-0.15, -0.1) is 0 Å². The van der Waals surface area contributed by atoms with Crippen LogP contribution in [-0.2, 0) is 6.18 Å². The highest BCUT2D eigenvalue weighted by molar-refractivity contribution is 6.05. The van der Waals surface area contributed by atoms with Crippen LogP contribution in [0.2, 0.25) is 0 Å². The molecule has 2 aromatic rings. The Hall–Kier alpha value is -2.87. The largest absolute Gasteiger partial charge is 0.416 e. The molecule has 5 nitrogen and oxygen atoms in total. The standard InChI is InChI=1S/C15H11F3N2O3/c16-15(17,18)11-5-1-3-9(7-11)13(21)19-12-6-2-4-10(8-12)14(22)20-23/h1-8,23H,(H,19,21)(H,20,22). The second kappa shape index (κ2) is 6.49. The number of hydrogen-bond donors (Lipinski definition) is 3. The average molecular weight is 324 g/mol. The fourth-order valence-corrected chi connectivity index (χ4v) is 1.84. The summed E-state index contributed by atoms with van der Waals surface area (Å²) < 4.78 is 37.9. The van der Waals surface area contributed by atoms with Gasteiger partial charge in [0, 0.05) is 16.8 Å². The molecule has 3 N–H and O–H groups in total. The molecule has 2 amide bonds. The lowest BCUT2D eigenvalue weighted by Gasteiger charge is -2.10. The minimum atomic E-state index is -4.55. The topological polar surface area (TPSA) is 78.4 Å². The van der Waals surface area contributed by atoms with Gasteiger partial charge in [-0.2, -0.15) is 13.2 Å². The maximum atomic E-state index is 12.6. The normalized spacial score (nSPS) is 11.0. The molecule has 0 fully saturated rings. The SMILES string of the molecule is O=C(NO)c1cccc(NC(=O)c2cccc(C(F)(F)F)c2)c1. The first-order valence-electron chi connectivity index (χ1n) is 6.34. The Morgan fingerprint density at radius 3 is 2.13 bits per heavy atom. The molecule has 8 heteroatoms. The minimum absolute atomic E-state index is 0.0781. The number of rotatable bonds is 3. The lowest BCUT2D eigenvalue weighted by Crippen LogP contribution is -2.19. The lowest BCUT2D eigenvalue weighted by atomic mass is 10.1. The van der Waals surface area contributed by atoms with Gasteiger partial charge in [0.25, 0.3) is 11.8 Å². The van der Waals surface area contributed by atoms with Gasteiger partial charge in [0.2, 0.25) is 0 Å². The number of halogens is 3. The zero-order chi connectivity index (χ0) is 17.0. The average Bonchev–Trinajstić information content (AvgIpc) is 2.53. The van der Waals surface area contributed by atoms with Gasteiger partial charge >= 0.3 is 6.18 Å². The van der Waals surface area contributed by atoms with Gasteiger partial charge in [0.15, 0.2) is 0 Å². The summed E-state index contributed by atoms with van der Waals surface area (Å²) in [6.07, 6.45) is -4.55. The maximum Gasteiger partial charge on any atom is 0.416 e. The van der Waals surface area contributed by atoms with Gasteiger partial charge in [-0.25, -0.2) is 5.48 Å². The molecule has 0 spiro atoms. The molecule has 0 saturated heterocycles. The first kappa shape index (κ1) is 16.5. The molecule has 0 heterocycles. The van der Waals surface area contributed by atoms with Crippen LogP contribution in [0.1, 0.15) is 26.3 Å². The van der Waals surface area contributed by atoms with E-state index in [4.69, 9.17) is 5.21 Å². The van der Waals surface area contributed by atoms with E-state index in [1.165, 1.54) is 35.8 Å². The first-order valence-corrected chi connectivity index (χ1v) is 6.34. The van der Waals surface area contributed by atoms with Crippen molar-refractivity contribution < 1.29 is 28.0 Å². The van der Waals surface area contributed by atoms with E-state index in [-0.39, 0.29) is 16.8 Å². The van der Waals surface area contributed by atoms with Crippen molar-refractivity contribution in [2.45, 2.75) is 6.18 Å². The molecule has 0 atom stereocenters. The summed E-state index contributed by atoms with van der Waals surface area (Å²) in [5, 5.41) is 10.9. The van der Waals surface area contributed by atoms with E-state index in [0.717, 1.165) is 18.2 Å². The number of benzene rings is 2. The Balaban J connectivity index is 2.21. The predicted octanol–water partition coefficient (Wildman–Crippen LogP) is 3.08. The molecule has 2 rings (SSSR count). The second-order valence-corrected chi connectivity index (χ2v) is 4.55. The quantitative estimate of drug-likeness (QED) is 0.600. The van der Waals surface area contributed by atoms with Gasteiger partial charge in [-0.05, 0) is 36.4 Å². The third-order valence-corrected chi connectivity index (χ3v) is 2.94. The minimum Gasteiger partial charge on any atom is -0.322 e. The zero-order valence-electron chi connectivity index (χ0n) is 11.5. The summed E-state index contributed by atoms with van der Waals surface area (Å²) in [7, 11) is 0. The van der Waals surface area contributed by atoms with Crippen molar-refractivity contribution in [3.05, 3.63) is 65.2 Å². The van der Waals surface area contributed by atoms with Crippen molar-refractivity contribution in [2.75, 3.05) is 5.32 Å². The highest BCUT2D eigenvalue weighted by Crippen LogP contribution is 2.29. The summed E-state index contributed by atoms with van der Waals surface area (Å²) >= 11 is 0. The molecular weight excluding hydrogens is 313 g/mol. The number of carbonyl (C=O) groups is 2. The second-order valence-electron chi connectivity index (χ2n) is 4.55. The van der Waals surface area contributed by atoms with Gasteiger partial charge in [0.05, 0.1) is 5.56 Å². The fraction of sp³-hybridized carbons (Fsp3) is 0.0667. The van der Waals surface area contributed by atoms with Crippen LogP contribution in [0.4, 0.5) is 18.9 Å².